The first-order valence-electron chi connectivity index (χ1n) is 12.3. The van der Waals surface area contributed by atoms with Gasteiger partial charge in [-0.15, -0.1) is 11.3 Å². The maximum Gasteiger partial charge on any atom is 0.410 e. The minimum absolute atomic E-state index is 0.294. The zero-order valence-electron chi connectivity index (χ0n) is 22.5. The molecule has 2 amide bonds. The molecule has 11 heteroatoms. The number of fused-ring (bicyclic) bond motifs is 1. The second-order valence-electron chi connectivity index (χ2n) is 8.42. The SMILES string of the molecule is CCOC(=O)N1CCc2c(sc(N=Cc3cc(OC)c(OC)cc3OC)c2C(=O)Nc2ccccc2OC)C1. The molecule has 4 rings (SSSR count). The van der Waals surface area contributed by atoms with Gasteiger partial charge in [0.05, 0.1) is 52.8 Å². The maximum atomic E-state index is 13.7. The first kappa shape index (κ1) is 27.8. The summed E-state index contributed by atoms with van der Waals surface area (Å²) < 4.78 is 26.9. The molecule has 39 heavy (non-hydrogen) atoms. The van der Waals surface area contributed by atoms with Crippen LogP contribution in [0.3, 0.4) is 0 Å². The minimum Gasteiger partial charge on any atom is -0.496 e. The van der Waals surface area contributed by atoms with Gasteiger partial charge in [-0.3, -0.25) is 4.79 Å². The molecule has 0 saturated heterocycles. The molecule has 0 aliphatic carbocycles. The van der Waals surface area contributed by atoms with Gasteiger partial charge in [0.1, 0.15) is 16.5 Å². The Morgan fingerprint density at radius 3 is 2.38 bits per heavy atom. The molecule has 3 aromatic rings. The Bertz CT molecular complexity index is 1390. The van der Waals surface area contributed by atoms with Crippen molar-refractivity contribution in [1.29, 1.82) is 0 Å². The molecule has 0 spiro atoms. The van der Waals surface area contributed by atoms with Crippen molar-refractivity contribution < 1.29 is 33.3 Å². The molecular weight excluding hydrogens is 522 g/mol. The van der Waals surface area contributed by atoms with Gasteiger partial charge in [0.2, 0.25) is 0 Å². The predicted octanol–water partition coefficient (Wildman–Crippen LogP) is 5.30. The Balaban J connectivity index is 1.75. The van der Waals surface area contributed by atoms with E-state index in [0.29, 0.717) is 70.9 Å². The van der Waals surface area contributed by atoms with Crippen LogP contribution in [0.15, 0.2) is 41.4 Å². The van der Waals surface area contributed by atoms with Gasteiger partial charge in [-0.1, -0.05) is 12.1 Å². The molecule has 1 N–H and O–H groups in total. The fourth-order valence-electron chi connectivity index (χ4n) is 4.30. The Morgan fingerprint density at radius 2 is 1.69 bits per heavy atom. The van der Waals surface area contributed by atoms with Crippen LogP contribution in [0, 0.1) is 0 Å². The van der Waals surface area contributed by atoms with Crippen molar-refractivity contribution in [3.8, 4) is 23.0 Å². The largest absolute Gasteiger partial charge is 0.496 e. The Hall–Kier alpha value is -4.25. The number of ether oxygens (including phenoxy) is 5. The van der Waals surface area contributed by atoms with E-state index < -0.39 is 0 Å². The first-order valence-corrected chi connectivity index (χ1v) is 13.1. The zero-order valence-corrected chi connectivity index (χ0v) is 23.3. The number of nitrogens with zero attached hydrogens (tertiary/aromatic N) is 2. The van der Waals surface area contributed by atoms with Crippen molar-refractivity contribution in [2.45, 2.75) is 19.9 Å². The van der Waals surface area contributed by atoms with Gasteiger partial charge < -0.3 is 33.9 Å². The zero-order chi connectivity index (χ0) is 27.9. The van der Waals surface area contributed by atoms with Crippen LogP contribution in [0.5, 0.6) is 23.0 Å². The highest BCUT2D eigenvalue weighted by Gasteiger charge is 2.30. The first-order chi connectivity index (χ1) is 18.9. The Labute approximate surface area is 231 Å². The third kappa shape index (κ3) is 5.93. The van der Waals surface area contributed by atoms with E-state index in [1.807, 2.05) is 12.1 Å². The highest BCUT2D eigenvalue weighted by molar-refractivity contribution is 7.16. The number of methoxy groups -OCH3 is 4. The molecule has 206 valence electrons. The monoisotopic (exact) mass is 553 g/mol. The number of thiophene rings is 1. The molecule has 1 aliphatic heterocycles. The van der Waals surface area contributed by atoms with Crippen molar-refractivity contribution in [1.82, 2.24) is 4.90 Å². The molecule has 1 aliphatic rings. The van der Waals surface area contributed by atoms with Crippen LogP contribution in [0.4, 0.5) is 15.5 Å². The molecule has 10 nitrogen and oxygen atoms in total. The van der Waals surface area contributed by atoms with Crippen molar-refractivity contribution in [3.63, 3.8) is 0 Å². The summed E-state index contributed by atoms with van der Waals surface area (Å²) in [5.74, 6) is 1.81. The van der Waals surface area contributed by atoms with Gasteiger partial charge in [-0.05, 0) is 37.1 Å². The van der Waals surface area contributed by atoms with Crippen LogP contribution in [-0.2, 0) is 17.7 Å². The van der Waals surface area contributed by atoms with E-state index in [4.69, 9.17) is 28.7 Å². The molecule has 0 bridgehead atoms. The summed E-state index contributed by atoms with van der Waals surface area (Å²) in [4.78, 5) is 33.3. The van der Waals surface area contributed by atoms with E-state index in [1.54, 1.807) is 70.7 Å². The number of carbonyl (C=O) groups excluding carboxylic acids is 2. The fourth-order valence-corrected chi connectivity index (χ4v) is 5.50. The average Bonchev–Trinajstić information content (AvgIpc) is 3.33. The summed E-state index contributed by atoms with van der Waals surface area (Å²) in [5.41, 5.74) is 2.51. The smallest absolute Gasteiger partial charge is 0.410 e. The third-order valence-electron chi connectivity index (χ3n) is 6.20. The lowest BCUT2D eigenvalue weighted by Crippen LogP contribution is -2.36. The second kappa shape index (κ2) is 12.5. The number of hydrogen-bond donors (Lipinski definition) is 1. The Morgan fingerprint density at radius 1 is 1.00 bits per heavy atom. The average molecular weight is 554 g/mol. The molecule has 0 unspecified atom stereocenters. The van der Waals surface area contributed by atoms with Crippen molar-refractivity contribution >= 4 is 40.2 Å². The number of anilines is 1. The number of carbonyl (C=O) groups is 2. The van der Waals surface area contributed by atoms with E-state index >= 15 is 0 Å². The summed E-state index contributed by atoms with van der Waals surface area (Å²) in [6, 6.07) is 10.7. The summed E-state index contributed by atoms with van der Waals surface area (Å²) in [6.45, 7) is 2.84. The second-order valence-corrected chi connectivity index (χ2v) is 9.50. The lowest BCUT2D eigenvalue weighted by molar-refractivity contribution is 0.102. The minimum atomic E-state index is -0.378. The molecule has 1 aromatic heterocycles. The van der Waals surface area contributed by atoms with Crippen LogP contribution in [0.2, 0.25) is 0 Å². The number of aliphatic imine (C=N–C) groups is 1. The molecule has 2 heterocycles. The molecule has 0 saturated carbocycles. The lowest BCUT2D eigenvalue weighted by Gasteiger charge is -2.26. The van der Waals surface area contributed by atoms with E-state index in [0.717, 1.165) is 10.4 Å². The van der Waals surface area contributed by atoms with Gasteiger partial charge in [0, 0.05) is 29.3 Å². The van der Waals surface area contributed by atoms with Gasteiger partial charge in [-0.2, -0.15) is 0 Å². The highest BCUT2D eigenvalue weighted by Crippen LogP contribution is 2.41. The quantitative estimate of drug-likeness (QED) is 0.358. The topological polar surface area (TPSA) is 108 Å². The van der Waals surface area contributed by atoms with Crippen LogP contribution in [0.25, 0.3) is 0 Å². The molecule has 0 atom stereocenters. The number of rotatable bonds is 9. The molecule has 0 radical (unpaired) electrons. The van der Waals surface area contributed by atoms with Crippen LogP contribution in [0.1, 0.15) is 33.3 Å². The number of nitrogens with one attached hydrogen (secondary N) is 1. The number of hydrogen-bond acceptors (Lipinski definition) is 9. The van der Waals surface area contributed by atoms with Gasteiger partial charge in [0.15, 0.2) is 11.5 Å². The molecule has 0 fully saturated rings. The van der Waals surface area contributed by atoms with Gasteiger partial charge >= 0.3 is 6.09 Å². The molecule has 2 aromatic carbocycles. The standard InChI is InChI=1S/C28H31N3O7S/c1-6-38-28(33)31-12-11-18-24(16-31)39-27(25(18)26(32)30-19-9-7-8-10-20(19)34-2)29-15-17-13-22(36-4)23(37-5)14-21(17)35-3/h7-10,13-15H,6,11-12,16H2,1-5H3,(H,30,32). The van der Waals surface area contributed by atoms with Crippen LogP contribution in [-0.4, -0.2) is 64.7 Å². The fraction of sp³-hybridized carbons (Fsp3) is 0.321. The summed E-state index contributed by atoms with van der Waals surface area (Å²) in [5, 5.41) is 3.47. The van der Waals surface area contributed by atoms with Gasteiger partial charge in [0.25, 0.3) is 5.91 Å². The van der Waals surface area contributed by atoms with Crippen LogP contribution >= 0.6 is 11.3 Å². The van der Waals surface area contributed by atoms with E-state index in [2.05, 4.69) is 5.32 Å². The van der Waals surface area contributed by atoms with Gasteiger partial charge in [-0.25, -0.2) is 9.79 Å². The van der Waals surface area contributed by atoms with Crippen molar-refractivity contribution in [2.75, 3.05) is 46.9 Å². The lowest BCUT2D eigenvalue weighted by atomic mass is 10.0. The number of amides is 2. The Kier molecular flexibility index (Phi) is 8.92. The summed E-state index contributed by atoms with van der Waals surface area (Å²) >= 11 is 1.36. The normalized spacial score (nSPS) is 12.6. The maximum absolute atomic E-state index is 13.7. The predicted molar refractivity (Wildman–Crippen MR) is 150 cm³/mol. The summed E-state index contributed by atoms with van der Waals surface area (Å²) in [6.07, 6.45) is 1.74. The number of para-hydroxylation sites is 2. The third-order valence-corrected chi connectivity index (χ3v) is 7.33. The van der Waals surface area contributed by atoms with E-state index in [1.165, 1.54) is 11.3 Å². The van der Waals surface area contributed by atoms with Crippen LogP contribution < -0.4 is 24.3 Å². The van der Waals surface area contributed by atoms with Crippen molar-refractivity contribution in [3.05, 3.63) is 58.0 Å². The molecular formula is C28H31N3O7S. The highest BCUT2D eigenvalue weighted by atomic mass is 32.1. The van der Waals surface area contributed by atoms with E-state index in [-0.39, 0.29) is 12.0 Å². The van der Waals surface area contributed by atoms with Crippen molar-refractivity contribution in [2.24, 2.45) is 4.99 Å². The van der Waals surface area contributed by atoms with E-state index in [9.17, 15) is 9.59 Å². The number of benzene rings is 2. The summed E-state index contributed by atoms with van der Waals surface area (Å²) in [7, 11) is 6.20.